The predicted molar refractivity (Wildman–Crippen MR) is 127 cm³/mol. The van der Waals surface area contributed by atoms with Gasteiger partial charge in [0.1, 0.15) is 0 Å². The van der Waals surface area contributed by atoms with Gasteiger partial charge in [-0.05, 0) is 72.6 Å². The van der Waals surface area contributed by atoms with Crippen molar-refractivity contribution in [3.63, 3.8) is 0 Å². The molecule has 1 aliphatic heterocycles. The van der Waals surface area contributed by atoms with Crippen molar-refractivity contribution in [2.24, 2.45) is 0 Å². The number of hydrogen-bond donors (Lipinski definition) is 1. The number of amides is 1. The fourth-order valence-corrected chi connectivity index (χ4v) is 5.75. The van der Waals surface area contributed by atoms with Crippen LogP contribution in [0.2, 0.25) is 0 Å². The van der Waals surface area contributed by atoms with Crippen molar-refractivity contribution in [3.8, 4) is 0 Å². The lowest BCUT2D eigenvalue weighted by Crippen LogP contribution is -2.49. The van der Waals surface area contributed by atoms with Crippen molar-refractivity contribution in [1.29, 1.82) is 0 Å². The topological polar surface area (TPSA) is 49.0 Å². The number of likely N-dealkylation sites (tertiary alicyclic amines) is 1. The van der Waals surface area contributed by atoms with Gasteiger partial charge in [-0.15, -0.1) is 0 Å². The van der Waals surface area contributed by atoms with Gasteiger partial charge in [-0.2, -0.15) is 0 Å². The molecule has 1 N–H and O–H groups in total. The van der Waals surface area contributed by atoms with Gasteiger partial charge < -0.3 is 9.88 Å². The smallest absolute Gasteiger partial charge is 0.254 e. The zero-order valence-electron chi connectivity index (χ0n) is 18.1. The van der Waals surface area contributed by atoms with E-state index in [2.05, 4.69) is 63.4 Å². The van der Waals surface area contributed by atoms with Crippen LogP contribution < -0.4 is 0 Å². The monoisotopic (exact) mass is 421 g/mol. The van der Waals surface area contributed by atoms with Gasteiger partial charge in [-0.3, -0.25) is 4.79 Å². The Bertz CT molecular complexity index is 1280. The number of hydrogen-bond acceptors (Lipinski definition) is 2. The van der Waals surface area contributed by atoms with Gasteiger partial charge in [0.2, 0.25) is 0 Å². The number of imidazole rings is 1. The van der Waals surface area contributed by atoms with E-state index in [0.29, 0.717) is 12.0 Å². The summed E-state index contributed by atoms with van der Waals surface area (Å²) in [6, 6.07) is 23.8. The number of fused-ring (bicyclic) bond motifs is 4. The number of rotatable bonds is 3. The third-order valence-corrected chi connectivity index (χ3v) is 7.27. The molecule has 0 unspecified atom stereocenters. The number of nitrogens with one attached hydrogen (secondary N) is 1. The number of aromatic nitrogens is 2. The fraction of sp³-hybridized carbons (Fsp3) is 0.286. The van der Waals surface area contributed by atoms with E-state index in [1.807, 2.05) is 18.2 Å². The third-order valence-electron chi connectivity index (χ3n) is 7.27. The van der Waals surface area contributed by atoms with Gasteiger partial charge in [0.05, 0.1) is 17.4 Å². The van der Waals surface area contributed by atoms with Gasteiger partial charge in [0, 0.05) is 24.1 Å². The quantitative estimate of drug-likeness (QED) is 0.476. The molecule has 4 nitrogen and oxygen atoms in total. The first kappa shape index (κ1) is 19.3. The van der Waals surface area contributed by atoms with Crippen LogP contribution in [0.1, 0.15) is 57.8 Å². The molecule has 2 heterocycles. The Morgan fingerprint density at radius 3 is 2.81 bits per heavy atom. The number of aryl methyl sites for hydroxylation is 1. The van der Waals surface area contributed by atoms with Crippen molar-refractivity contribution in [2.45, 2.75) is 44.1 Å². The average molecular weight is 422 g/mol. The zero-order valence-corrected chi connectivity index (χ0v) is 18.1. The molecule has 2 aliphatic rings. The van der Waals surface area contributed by atoms with E-state index in [0.717, 1.165) is 48.8 Å². The second-order valence-electron chi connectivity index (χ2n) is 9.18. The number of carbonyl (C=O) groups excluding carboxylic acids is 1. The molecule has 0 radical (unpaired) electrons. The molecule has 3 aromatic carbocycles. The lowest BCUT2D eigenvalue weighted by molar-refractivity contribution is 0.0547. The summed E-state index contributed by atoms with van der Waals surface area (Å²) in [4.78, 5) is 23.0. The summed E-state index contributed by atoms with van der Waals surface area (Å²) in [5.41, 5.74) is 8.24. The minimum Gasteiger partial charge on any atom is -0.345 e. The van der Waals surface area contributed by atoms with Crippen molar-refractivity contribution in [2.75, 3.05) is 6.54 Å². The van der Waals surface area contributed by atoms with E-state index in [1.165, 1.54) is 28.7 Å². The molecule has 160 valence electrons. The summed E-state index contributed by atoms with van der Waals surface area (Å²) >= 11 is 0. The van der Waals surface area contributed by atoms with Gasteiger partial charge in [0.25, 0.3) is 5.91 Å². The van der Waals surface area contributed by atoms with Gasteiger partial charge in [-0.25, -0.2) is 4.98 Å². The number of aromatic amines is 1. The standard InChI is InChI=1S/C28H27N3O/c32-28(22-9-12-25-26(17-22)30-18-29-25)31-14-4-7-24-23-11-8-20(15-19-5-2-1-3-6-19)16-21(23)10-13-27(24)31/h1-3,5-6,8-9,11-12,16-18,24,27H,4,7,10,13-15H2,(H,29,30)/t24-,27+/m1/s1. The lowest BCUT2D eigenvalue weighted by Gasteiger charge is -2.45. The second kappa shape index (κ2) is 7.94. The minimum atomic E-state index is 0.153. The number of carbonyl (C=O) groups is 1. The third kappa shape index (κ3) is 3.40. The zero-order chi connectivity index (χ0) is 21.5. The molecule has 0 saturated carbocycles. The minimum absolute atomic E-state index is 0.153. The highest BCUT2D eigenvalue weighted by molar-refractivity contribution is 5.97. The van der Waals surface area contributed by atoms with Gasteiger partial charge in [0.15, 0.2) is 0 Å². The molecule has 2 atom stereocenters. The largest absolute Gasteiger partial charge is 0.345 e. The predicted octanol–water partition coefficient (Wildman–Crippen LogP) is 5.49. The number of nitrogens with zero attached hydrogens (tertiary/aromatic N) is 2. The first-order chi connectivity index (χ1) is 15.8. The van der Waals surface area contributed by atoms with Gasteiger partial charge in [-0.1, -0.05) is 48.5 Å². The van der Waals surface area contributed by atoms with Crippen LogP contribution in [0.4, 0.5) is 0 Å². The highest BCUT2D eigenvalue weighted by atomic mass is 16.2. The Morgan fingerprint density at radius 1 is 1.00 bits per heavy atom. The van der Waals surface area contributed by atoms with Crippen molar-refractivity contribution >= 4 is 16.9 Å². The van der Waals surface area contributed by atoms with Gasteiger partial charge >= 0.3 is 0 Å². The maximum Gasteiger partial charge on any atom is 0.254 e. The highest BCUT2D eigenvalue weighted by Crippen LogP contribution is 2.41. The molecule has 4 aromatic rings. The average Bonchev–Trinajstić information content (AvgIpc) is 3.31. The van der Waals surface area contributed by atoms with E-state index in [-0.39, 0.29) is 5.91 Å². The van der Waals surface area contributed by atoms with Crippen LogP contribution >= 0.6 is 0 Å². The van der Waals surface area contributed by atoms with E-state index < -0.39 is 0 Å². The van der Waals surface area contributed by atoms with Crippen LogP contribution in [-0.2, 0) is 12.8 Å². The maximum atomic E-state index is 13.5. The molecule has 0 bridgehead atoms. The van der Waals surface area contributed by atoms with Crippen LogP contribution in [0.3, 0.4) is 0 Å². The Hall–Kier alpha value is -3.40. The normalized spacial score (nSPS) is 20.1. The van der Waals surface area contributed by atoms with E-state index in [4.69, 9.17) is 0 Å². The number of H-pyrrole nitrogens is 1. The van der Waals surface area contributed by atoms with E-state index in [1.54, 1.807) is 6.33 Å². The van der Waals surface area contributed by atoms with Crippen molar-refractivity contribution in [3.05, 3.63) is 101 Å². The molecule has 4 heteroatoms. The summed E-state index contributed by atoms with van der Waals surface area (Å²) in [7, 11) is 0. The van der Waals surface area contributed by atoms with Crippen LogP contribution in [0.25, 0.3) is 11.0 Å². The Labute approximate surface area is 188 Å². The molecular weight excluding hydrogens is 394 g/mol. The van der Waals surface area contributed by atoms with E-state index >= 15 is 0 Å². The molecule has 32 heavy (non-hydrogen) atoms. The van der Waals surface area contributed by atoms with Crippen LogP contribution in [0.5, 0.6) is 0 Å². The molecule has 6 rings (SSSR count). The molecule has 1 fully saturated rings. The first-order valence-corrected chi connectivity index (χ1v) is 11.7. The Morgan fingerprint density at radius 2 is 1.91 bits per heavy atom. The molecule has 1 aromatic heterocycles. The summed E-state index contributed by atoms with van der Waals surface area (Å²) in [6.45, 7) is 0.850. The van der Waals surface area contributed by atoms with Crippen molar-refractivity contribution in [1.82, 2.24) is 14.9 Å². The number of benzene rings is 3. The lowest BCUT2D eigenvalue weighted by atomic mass is 9.73. The summed E-state index contributed by atoms with van der Waals surface area (Å²) in [5, 5.41) is 0. The summed E-state index contributed by atoms with van der Waals surface area (Å²) in [6.07, 6.45) is 6.97. The van der Waals surface area contributed by atoms with Crippen LogP contribution in [0, 0.1) is 0 Å². The first-order valence-electron chi connectivity index (χ1n) is 11.7. The molecule has 1 aliphatic carbocycles. The molecule has 1 saturated heterocycles. The van der Waals surface area contributed by atoms with Crippen molar-refractivity contribution < 1.29 is 4.79 Å². The summed E-state index contributed by atoms with van der Waals surface area (Å²) in [5.74, 6) is 0.596. The number of piperidine rings is 1. The molecule has 0 spiro atoms. The Balaban J connectivity index is 1.25. The maximum absolute atomic E-state index is 13.5. The summed E-state index contributed by atoms with van der Waals surface area (Å²) < 4.78 is 0. The van der Waals surface area contributed by atoms with Crippen LogP contribution in [-0.4, -0.2) is 33.4 Å². The highest BCUT2D eigenvalue weighted by Gasteiger charge is 2.38. The fourth-order valence-electron chi connectivity index (χ4n) is 5.75. The molecule has 1 amide bonds. The SMILES string of the molecule is O=C(c1ccc2nc[nH]c2c1)N1CCC[C@@H]2c3ccc(Cc4ccccc4)cc3CC[C@@H]21. The van der Waals surface area contributed by atoms with Crippen LogP contribution in [0.15, 0.2) is 73.1 Å². The molecular formula is C28H27N3O. The Kier molecular flexibility index (Phi) is 4.79. The van der Waals surface area contributed by atoms with E-state index in [9.17, 15) is 4.79 Å². The second-order valence-corrected chi connectivity index (χ2v) is 9.18.